The molecule has 0 fully saturated rings. The second-order valence-corrected chi connectivity index (χ2v) is 5.20. The maximum atomic E-state index is 12.2. The smallest absolute Gasteiger partial charge is 0.245 e. The number of anilines is 1. The molecule has 0 aromatic carbocycles. The Kier molecular flexibility index (Phi) is 3.16. The average molecular weight is 252 g/mol. The Morgan fingerprint density at radius 3 is 2.78 bits per heavy atom. The maximum Gasteiger partial charge on any atom is 0.245 e. The number of aliphatic hydroxyl groups is 1. The highest BCUT2D eigenvalue weighted by atomic mass is 16.3. The van der Waals surface area contributed by atoms with Crippen LogP contribution in [0.2, 0.25) is 0 Å². The SMILES string of the molecule is CNC1CCn2nc(C(C)(C)O)cc2N(C)C1=O. The van der Waals surface area contributed by atoms with Crippen LogP contribution in [0.15, 0.2) is 6.07 Å². The van der Waals surface area contributed by atoms with E-state index in [0.717, 1.165) is 5.82 Å². The Morgan fingerprint density at radius 2 is 2.22 bits per heavy atom. The Balaban J connectivity index is 2.39. The van der Waals surface area contributed by atoms with Crippen LogP contribution in [-0.4, -0.2) is 40.9 Å². The van der Waals surface area contributed by atoms with Crippen molar-refractivity contribution in [2.45, 2.75) is 38.5 Å². The van der Waals surface area contributed by atoms with Gasteiger partial charge in [0.15, 0.2) is 0 Å². The van der Waals surface area contributed by atoms with E-state index in [4.69, 9.17) is 0 Å². The monoisotopic (exact) mass is 252 g/mol. The minimum atomic E-state index is -0.995. The molecule has 1 aliphatic rings. The molecule has 0 aliphatic carbocycles. The number of nitrogens with one attached hydrogen (secondary N) is 1. The summed E-state index contributed by atoms with van der Waals surface area (Å²) in [5.41, 5.74) is -0.411. The predicted octanol–water partition coefficient (Wildman–Crippen LogP) is 0.0650. The molecule has 1 amide bonds. The summed E-state index contributed by atoms with van der Waals surface area (Å²) in [5.74, 6) is 0.758. The third-order valence-corrected chi connectivity index (χ3v) is 3.34. The fraction of sp³-hybridized carbons (Fsp3) is 0.667. The molecule has 1 aromatic rings. The summed E-state index contributed by atoms with van der Waals surface area (Å²) in [5, 5.41) is 17.4. The molecule has 0 radical (unpaired) electrons. The highest BCUT2D eigenvalue weighted by Gasteiger charge is 2.30. The second kappa shape index (κ2) is 4.37. The first-order valence-corrected chi connectivity index (χ1v) is 6.10. The summed E-state index contributed by atoms with van der Waals surface area (Å²) in [6.07, 6.45) is 0.694. The number of aryl methyl sites for hydroxylation is 1. The van der Waals surface area contributed by atoms with Gasteiger partial charge in [-0.25, -0.2) is 4.68 Å². The molecular formula is C12H20N4O2. The van der Waals surface area contributed by atoms with Gasteiger partial charge in [-0.1, -0.05) is 0 Å². The fourth-order valence-corrected chi connectivity index (χ4v) is 2.13. The number of fused-ring (bicyclic) bond motifs is 1. The Labute approximate surface area is 107 Å². The number of likely N-dealkylation sites (N-methyl/N-ethyl adjacent to an activating group) is 2. The molecule has 1 aromatic heterocycles. The summed E-state index contributed by atoms with van der Waals surface area (Å²) in [6, 6.07) is 1.60. The standard InChI is InChI=1S/C12H20N4O2/c1-12(2,18)9-7-10-15(4)11(17)8(13-3)5-6-16(10)14-9/h7-8,13,18H,5-6H2,1-4H3. The maximum absolute atomic E-state index is 12.2. The highest BCUT2D eigenvalue weighted by Crippen LogP contribution is 2.26. The number of hydrogen-bond donors (Lipinski definition) is 2. The van der Waals surface area contributed by atoms with Gasteiger partial charge in [0.2, 0.25) is 5.91 Å². The van der Waals surface area contributed by atoms with Crippen molar-refractivity contribution >= 4 is 11.7 Å². The Morgan fingerprint density at radius 1 is 1.56 bits per heavy atom. The van der Waals surface area contributed by atoms with Crippen molar-refractivity contribution in [3.63, 3.8) is 0 Å². The molecule has 2 heterocycles. The van der Waals surface area contributed by atoms with E-state index in [1.165, 1.54) is 0 Å². The first kappa shape index (κ1) is 13.0. The number of carbonyl (C=O) groups excluding carboxylic acids is 1. The van der Waals surface area contributed by atoms with Gasteiger partial charge in [0, 0.05) is 19.7 Å². The van der Waals surface area contributed by atoms with Crippen LogP contribution in [0.25, 0.3) is 0 Å². The molecule has 1 aliphatic heterocycles. The van der Waals surface area contributed by atoms with E-state index in [-0.39, 0.29) is 11.9 Å². The van der Waals surface area contributed by atoms with E-state index in [1.807, 2.05) is 0 Å². The van der Waals surface area contributed by atoms with Gasteiger partial charge >= 0.3 is 0 Å². The zero-order valence-corrected chi connectivity index (χ0v) is 11.3. The van der Waals surface area contributed by atoms with E-state index < -0.39 is 5.60 Å². The van der Waals surface area contributed by atoms with Gasteiger partial charge in [-0.05, 0) is 27.3 Å². The highest BCUT2D eigenvalue weighted by molar-refractivity contribution is 5.96. The van der Waals surface area contributed by atoms with Crippen LogP contribution in [0.1, 0.15) is 26.0 Å². The van der Waals surface area contributed by atoms with Crippen molar-refractivity contribution in [1.82, 2.24) is 15.1 Å². The molecule has 0 saturated carbocycles. The van der Waals surface area contributed by atoms with Crippen molar-refractivity contribution in [3.8, 4) is 0 Å². The number of carbonyl (C=O) groups is 1. The summed E-state index contributed by atoms with van der Waals surface area (Å²) >= 11 is 0. The normalized spacial score (nSPS) is 20.8. The van der Waals surface area contributed by atoms with E-state index in [0.29, 0.717) is 18.7 Å². The molecule has 6 heteroatoms. The lowest BCUT2D eigenvalue weighted by atomic mass is 10.1. The fourth-order valence-electron chi connectivity index (χ4n) is 2.13. The van der Waals surface area contributed by atoms with Gasteiger partial charge in [-0.2, -0.15) is 5.10 Å². The molecule has 0 bridgehead atoms. The summed E-state index contributed by atoms with van der Waals surface area (Å²) in [7, 11) is 3.52. The molecule has 1 unspecified atom stereocenters. The van der Waals surface area contributed by atoms with Crippen molar-refractivity contribution in [1.29, 1.82) is 0 Å². The van der Waals surface area contributed by atoms with Crippen molar-refractivity contribution in [3.05, 3.63) is 11.8 Å². The molecule has 0 saturated heterocycles. The van der Waals surface area contributed by atoms with Gasteiger partial charge in [-0.3, -0.25) is 9.69 Å². The molecule has 1 atom stereocenters. The van der Waals surface area contributed by atoms with Crippen LogP contribution in [0.4, 0.5) is 5.82 Å². The predicted molar refractivity (Wildman–Crippen MR) is 68.3 cm³/mol. The van der Waals surface area contributed by atoms with Crippen LogP contribution in [0.5, 0.6) is 0 Å². The van der Waals surface area contributed by atoms with Crippen LogP contribution in [-0.2, 0) is 16.9 Å². The summed E-state index contributed by atoms with van der Waals surface area (Å²) in [6.45, 7) is 4.04. The van der Waals surface area contributed by atoms with E-state index in [9.17, 15) is 9.90 Å². The molecule has 100 valence electrons. The van der Waals surface area contributed by atoms with E-state index >= 15 is 0 Å². The molecule has 2 N–H and O–H groups in total. The minimum absolute atomic E-state index is 0.0263. The third-order valence-electron chi connectivity index (χ3n) is 3.34. The van der Waals surface area contributed by atoms with Gasteiger partial charge in [0.05, 0.1) is 11.7 Å². The zero-order valence-electron chi connectivity index (χ0n) is 11.3. The number of amides is 1. The summed E-state index contributed by atoms with van der Waals surface area (Å²) in [4.78, 5) is 13.8. The number of nitrogens with zero attached hydrogens (tertiary/aromatic N) is 3. The topological polar surface area (TPSA) is 70.4 Å². The first-order chi connectivity index (χ1) is 8.34. The number of rotatable bonds is 2. The molecule has 6 nitrogen and oxygen atoms in total. The van der Waals surface area contributed by atoms with Crippen molar-refractivity contribution in [2.24, 2.45) is 0 Å². The van der Waals surface area contributed by atoms with Crippen LogP contribution in [0, 0.1) is 0 Å². The third kappa shape index (κ3) is 2.13. The molecule has 2 rings (SSSR count). The van der Waals surface area contributed by atoms with Crippen molar-refractivity contribution in [2.75, 3.05) is 19.0 Å². The average Bonchev–Trinajstić information content (AvgIpc) is 2.68. The quantitative estimate of drug-likeness (QED) is 0.781. The van der Waals surface area contributed by atoms with Crippen LogP contribution in [0.3, 0.4) is 0 Å². The van der Waals surface area contributed by atoms with Crippen LogP contribution >= 0.6 is 0 Å². The summed E-state index contributed by atoms with van der Waals surface area (Å²) < 4.78 is 1.78. The second-order valence-electron chi connectivity index (χ2n) is 5.20. The number of hydrogen-bond acceptors (Lipinski definition) is 4. The zero-order chi connectivity index (χ0) is 13.5. The lowest BCUT2D eigenvalue weighted by molar-refractivity contribution is -0.120. The first-order valence-electron chi connectivity index (χ1n) is 6.10. The molecular weight excluding hydrogens is 232 g/mol. The Hall–Kier alpha value is -1.40. The van der Waals surface area contributed by atoms with E-state index in [2.05, 4.69) is 10.4 Å². The molecule has 18 heavy (non-hydrogen) atoms. The number of aromatic nitrogens is 2. The lowest BCUT2D eigenvalue weighted by Gasteiger charge is -2.19. The lowest BCUT2D eigenvalue weighted by Crippen LogP contribution is -2.42. The van der Waals surface area contributed by atoms with Crippen molar-refractivity contribution < 1.29 is 9.90 Å². The molecule has 0 spiro atoms. The Bertz CT molecular complexity index is 461. The largest absolute Gasteiger partial charge is 0.384 e. The van der Waals surface area contributed by atoms with E-state index in [1.54, 1.807) is 43.6 Å². The van der Waals surface area contributed by atoms with Gasteiger partial charge < -0.3 is 10.4 Å². The van der Waals surface area contributed by atoms with Crippen LogP contribution < -0.4 is 10.2 Å². The van der Waals surface area contributed by atoms with Gasteiger partial charge in [0.1, 0.15) is 11.4 Å². The van der Waals surface area contributed by atoms with Gasteiger partial charge in [-0.15, -0.1) is 0 Å². The van der Waals surface area contributed by atoms with Gasteiger partial charge in [0.25, 0.3) is 0 Å². The minimum Gasteiger partial charge on any atom is -0.384 e.